The Balaban J connectivity index is 0.926. The molecule has 0 unspecified atom stereocenters. The summed E-state index contributed by atoms with van der Waals surface area (Å²) in [6.45, 7) is 11.9. The van der Waals surface area contributed by atoms with Gasteiger partial charge < -0.3 is 25.0 Å². The van der Waals surface area contributed by atoms with E-state index in [0.717, 1.165) is 102 Å². The van der Waals surface area contributed by atoms with Crippen molar-refractivity contribution >= 4 is 57.2 Å². The number of anilines is 2. The van der Waals surface area contributed by atoms with E-state index < -0.39 is 47.5 Å². The van der Waals surface area contributed by atoms with Crippen LogP contribution in [0.1, 0.15) is 112 Å². The lowest BCUT2D eigenvalue weighted by Gasteiger charge is -2.35. The lowest BCUT2D eigenvalue weighted by atomic mass is 9.95. The molecule has 0 radical (unpaired) electrons. The average molecular weight is 1140 g/mol. The van der Waals surface area contributed by atoms with Crippen LogP contribution in [0.3, 0.4) is 0 Å². The molecule has 426 valence electrons. The van der Waals surface area contributed by atoms with E-state index in [0.29, 0.717) is 55.5 Å². The first kappa shape index (κ1) is 62.6. The summed E-state index contributed by atoms with van der Waals surface area (Å²) in [6, 6.07) is 26.0. The van der Waals surface area contributed by atoms with Crippen LogP contribution < -0.4 is 20.4 Å². The molecule has 2 aliphatic rings. The number of allylic oxidation sites excluding steroid dienone is 2. The molecule has 0 amide bonds. The van der Waals surface area contributed by atoms with Crippen LogP contribution in [0.2, 0.25) is 0 Å². The van der Waals surface area contributed by atoms with E-state index in [1.54, 1.807) is 98.2 Å². The molecule has 6 rings (SSSR count). The van der Waals surface area contributed by atoms with Crippen LogP contribution in [-0.2, 0) is 31.4 Å². The summed E-state index contributed by atoms with van der Waals surface area (Å²) in [7, 11) is 2.07. The highest BCUT2D eigenvalue weighted by molar-refractivity contribution is 8.14. The number of unbranched alkanes of at least 4 members (excludes halogenated alkanes) is 4. The highest BCUT2D eigenvalue weighted by Gasteiger charge is 2.39. The van der Waals surface area contributed by atoms with Gasteiger partial charge in [0, 0.05) is 60.5 Å². The number of benzene rings is 4. The van der Waals surface area contributed by atoms with Gasteiger partial charge in [0.2, 0.25) is 0 Å². The zero-order valence-electron chi connectivity index (χ0n) is 45.6. The average Bonchev–Trinajstić information content (AvgIpc) is 3.54. The fraction of sp³-hybridized carbons (Fsp3) is 0.424. The highest BCUT2D eigenvalue weighted by Crippen LogP contribution is 2.43. The van der Waals surface area contributed by atoms with Crippen molar-refractivity contribution in [3.8, 4) is 12.1 Å². The summed E-state index contributed by atoms with van der Waals surface area (Å²) < 4.78 is 94.4. The minimum atomic E-state index is -4.58. The van der Waals surface area contributed by atoms with E-state index in [9.17, 15) is 46.5 Å². The zero-order valence-corrected chi connectivity index (χ0v) is 47.2. The Kier molecular flexibility index (Phi) is 23.7. The first-order valence-corrected chi connectivity index (χ1v) is 28.6. The number of carbonyl (C=O) groups is 2. The molecule has 0 saturated carbocycles. The van der Waals surface area contributed by atoms with E-state index in [1.165, 1.54) is 35.7 Å². The summed E-state index contributed by atoms with van der Waals surface area (Å²) in [5.41, 5.74) is 2.18. The number of thioether (sulfide) groups is 2. The molecule has 2 atom stereocenters. The molecular weight excluding hydrogens is 1080 g/mol. The number of nitriles is 2. The van der Waals surface area contributed by atoms with Gasteiger partial charge in [0.05, 0.1) is 58.8 Å². The van der Waals surface area contributed by atoms with E-state index in [2.05, 4.69) is 34.7 Å². The third-order valence-corrected chi connectivity index (χ3v) is 15.3. The third-order valence-electron chi connectivity index (χ3n) is 13.2. The Morgan fingerprint density at radius 2 is 0.988 bits per heavy atom. The summed E-state index contributed by atoms with van der Waals surface area (Å²) in [5.74, 6) is 0.0160. The minimum absolute atomic E-state index is 0.0936. The van der Waals surface area contributed by atoms with Crippen LogP contribution in [0.4, 0.5) is 37.7 Å². The van der Waals surface area contributed by atoms with Crippen LogP contribution >= 0.6 is 23.5 Å². The minimum Gasteiger partial charge on any atom is -0.463 e. The molecule has 0 aromatic heterocycles. The van der Waals surface area contributed by atoms with Crippen molar-refractivity contribution in [1.29, 1.82) is 10.5 Å². The van der Waals surface area contributed by atoms with Gasteiger partial charge in [-0.05, 0) is 145 Å². The fourth-order valence-electron chi connectivity index (χ4n) is 9.03. The Morgan fingerprint density at radius 1 is 0.600 bits per heavy atom. The molecular formula is C59H67F6N9O4S2. The second-order valence-electron chi connectivity index (χ2n) is 18.9. The predicted octanol–water partition coefficient (Wildman–Crippen LogP) is 12.6. The molecule has 0 aliphatic carbocycles. The van der Waals surface area contributed by atoms with Crippen molar-refractivity contribution in [2.24, 2.45) is 9.98 Å². The van der Waals surface area contributed by atoms with Gasteiger partial charge in [-0.15, -0.1) is 0 Å². The number of amidine groups is 2. The molecule has 0 fully saturated rings. The predicted molar refractivity (Wildman–Crippen MR) is 305 cm³/mol. The number of nitrogens with one attached hydrogen (secondary N) is 2. The van der Waals surface area contributed by atoms with E-state index >= 15 is 0 Å². The molecule has 13 nitrogen and oxygen atoms in total. The van der Waals surface area contributed by atoms with Gasteiger partial charge in [0.25, 0.3) is 0 Å². The Morgan fingerprint density at radius 3 is 1.34 bits per heavy atom. The van der Waals surface area contributed by atoms with Crippen molar-refractivity contribution < 1.29 is 45.4 Å². The molecule has 80 heavy (non-hydrogen) atoms. The largest absolute Gasteiger partial charge is 0.463 e. The molecule has 21 heteroatoms. The zero-order chi connectivity index (χ0) is 57.8. The van der Waals surface area contributed by atoms with Crippen molar-refractivity contribution in [2.75, 3.05) is 80.8 Å². The van der Waals surface area contributed by atoms with Gasteiger partial charge in [-0.25, -0.2) is 19.6 Å². The lowest BCUT2D eigenvalue weighted by molar-refractivity contribution is -0.139. The van der Waals surface area contributed by atoms with E-state index in [-0.39, 0.29) is 35.7 Å². The van der Waals surface area contributed by atoms with Crippen LogP contribution in [0.15, 0.2) is 130 Å². The Hall–Kier alpha value is -6.62. The second kappa shape index (κ2) is 30.3. The molecule has 0 saturated heterocycles. The molecule has 2 N–H and O–H groups in total. The number of alkyl halides is 6. The Labute approximate surface area is 473 Å². The Bertz CT molecular complexity index is 2760. The molecule has 2 heterocycles. The number of ether oxygens (including phenoxy) is 2. The monoisotopic (exact) mass is 1140 g/mol. The fourth-order valence-corrected chi connectivity index (χ4v) is 11.2. The second-order valence-corrected chi connectivity index (χ2v) is 21.0. The van der Waals surface area contributed by atoms with Gasteiger partial charge in [-0.3, -0.25) is 9.80 Å². The van der Waals surface area contributed by atoms with Gasteiger partial charge in [0.15, 0.2) is 10.3 Å². The smallest absolute Gasteiger partial charge is 0.416 e. The number of halogens is 6. The number of hydrogen-bond donors (Lipinski definition) is 2. The summed E-state index contributed by atoms with van der Waals surface area (Å²) in [5, 5.41) is 26.7. The van der Waals surface area contributed by atoms with Crippen molar-refractivity contribution in [3.63, 3.8) is 0 Å². The summed E-state index contributed by atoms with van der Waals surface area (Å²) in [6.07, 6.45) is -3.88. The number of aliphatic imine (C=N–C) groups is 2. The number of rotatable bonds is 26. The van der Waals surface area contributed by atoms with Gasteiger partial charge in [-0.2, -0.15) is 36.9 Å². The first-order valence-electron chi connectivity index (χ1n) is 26.6. The van der Waals surface area contributed by atoms with Crippen LogP contribution in [-0.4, -0.2) is 98.2 Å². The maximum Gasteiger partial charge on any atom is 0.416 e. The number of likely N-dealkylation sites (N-methyl/N-ethyl adjacent to an activating group) is 1. The quantitative estimate of drug-likeness (QED) is 0.0348. The molecule has 0 bridgehead atoms. The topological polar surface area (TPSA) is 159 Å². The van der Waals surface area contributed by atoms with Crippen LogP contribution in [0.5, 0.6) is 0 Å². The van der Waals surface area contributed by atoms with Crippen molar-refractivity contribution in [3.05, 3.63) is 153 Å². The van der Waals surface area contributed by atoms with Gasteiger partial charge in [0.1, 0.15) is 12.1 Å². The lowest BCUT2D eigenvalue weighted by Crippen LogP contribution is -2.35. The molecule has 0 spiro atoms. The summed E-state index contributed by atoms with van der Waals surface area (Å²) in [4.78, 5) is 42.4. The van der Waals surface area contributed by atoms with Crippen molar-refractivity contribution in [2.45, 2.75) is 90.7 Å². The normalized spacial score (nSPS) is 15.9. The maximum absolute atomic E-state index is 13.9. The molecule has 4 aromatic rings. The highest BCUT2D eigenvalue weighted by atomic mass is 32.2. The summed E-state index contributed by atoms with van der Waals surface area (Å²) >= 11 is 2.83. The SMILES string of the molecule is CCOC(=O)C1=C(C)N(c2cccc(C(F)(F)F)c2)C(SCCCCCNCCN(C)CCNCCCCCSC2=N[C@H](c3ccc(C#N)cc3)C(C(=O)OCC)=C(C)N2c2cccc(C(F)(F)F)c2)=N[C@@H]1c1ccc(C#N)cc1. The number of esters is 2. The van der Waals surface area contributed by atoms with E-state index in [4.69, 9.17) is 19.5 Å². The maximum atomic E-state index is 13.9. The van der Waals surface area contributed by atoms with E-state index in [1.807, 2.05) is 0 Å². The number of carbonyl (C=O) groups excluding carboxylic acids is 2. The standard InChI is InChI=1S/C59H67F6N9O4S2/c1-6-77-54(75)50-40(3)73(48-18-14-16-46(36-48)58(60,61)62)56(70-52(50)44-24-20-42(38-66)21-25-44)79-34-12-8-10-28-68-30-32-72(5)33-31-69-29-11-9-13-35-80-57-71-53(45-26-22-43(39-67)23-27-45)51(55(76)78-7-2)41(4)74(57)49-19-15-17-47(37-49)59(63,64)65/h14-27,36-37,52-53,68-69H,6-13,28-35H2,1-5H3/t52-,53-/m1/s1. The third kappa shape index (κ3) is 17.2. The number of nitrogens with zero attached hydrogens (tertiary/aromatic N) is 7. The molecule has 2 aliphatic heterocycles. The van der Waals surface area contributed by atoms with Crippen LogP contribution in [0.25, 0.3) is 0 Å². The van der Waals surface area contributed by atoms with Gasteiger partial charge in [-0.1, -0.05) is 72.8 Å². The molecule has 4 aromatic carbocycles. The first-order chi connectivity index (χ1) is 38.4. The number of hydrogen-bond acceptors (Lipinski definition) is 15. The van der Waals surface area contributed by atoms with Gasteiger partial charge >= 0.3 is 24.3 Å². The van der Waals surface area contributed by atoms with Crippen LogP contribution in [0, 0.1) is 22.7 Å². The van der Waals surface area contributed by atoms with Crippen molar-refractivity contribution in [1.82, 2.24) is 15.5 Å².